The van der Waals surface area contributed by atoms with Gasteiger partial charge in [-0.25, -0.2) is 9.78 Å². The molecule has 2 aromatic rings. The molecule has 26 heavy (non-hydrogen) atoms. The number of nitrogens with one attached hydrogen (secondary N) is 1. The molecular formula is C19H21N3O3S. The minimum atomic E-state index is -0.775. The number of likely N-dealkylation sites (tertiary alicyclic amines) is 1. The Bertz CT molecular complexity index is 762. The number of carboxylic acid groups (broad SMARTS) is 1. The number of carbonyl (C=O) groups excluding carboxylic acids is 1. The summed E-state index contributed by atoms with van der Waals surface area (Å²) in [6, 6.07) is 13.4. The third-order valence-electron chi connectivity index (χ3n) is 4.33. The van der Waals surface area contributed by atoms with Crippen LogP contribution in [-0.4, -0.2) is 40.1 Å². The van der Waals surface area contributed by atoms with E-state index >= 15 is 0 Å². The van der Waals surface area contributed by atoms with Gasteiger partial charge in [0.15, 0.2) is 0 Å². The number of rotatable bonds is 5. The van der Waals surface area contributed by atoms with Crippen molar-refractivity contribution in [1.29, 1.82) is 0 Å². The van der Waals surface area contributed by atoms with Gasteiger partial charge in [0.25, 0.3) is 0 Å². The first-order chi connectivity index (χ1) is 12.6. The van der Waals surface area contributed by atoms with Gasteiger partial charge in [-0.15, -0.1) is 11.8 Å². The zero-order valence-corrected chi connectivity index (χ0v) is 15.1. The van der Waals surface area contributed by atoms with Gasteiger partial charge >= 0.3 is 12.0 Å². The first-order valence-electron chi connectivity index (χ1n) is 8.53. The highest BCUT2D eigenvalue weighted by Gasteiger charge is 2.26. The van der Waals surface area contributed by atoms with E-state index < -0.39 is 5.97 Å². The second kappa shape index (κ2) is 8.71. The van der Waals surface area contributed by atoms with Crippen molar-refractivity contribution in [1.82, 2.24) is 9.88 Å². The number of amides is 2. The molecule has 0 bridgehead atoms. The minimum absolute atomic E-state index is 0.177. The van der Waals surface area contributed by atoms with Crippen LogP contribution >= 0.6 is 11.8 Å². The Kier molecular flexibility index (Phi) is 6.12. The summed E-state index contributed by atoms with van der Waals surface area (Å²) in [6.07, 6.45) is 2.78. The maximum atomic E-state index is 12.4. The largest absolute Gasteiger partial charge is 0.481 e. The Hall–Kier alpha value is -2.54. The first kappa shape index (κ1) is 18.3. The van der Waals surface area contributed by atoms with E-state index in [2.05, 4.69) is 10.3 Å². The molecule has 1 aliphatic heterocycles. The Morgan fingerprint density at radius 1 is 1.19 bits per heavy atom. The maximum Gasteiger partial charge on any atom is 0.321 e. The number of piperidine rings is 1. The quantitative estimate of drug-likeness (QED) is 0.783. The van der Waals surface area contributed by atoms with Crippen LogP contribution in [0.5, 0.6) is 0 Å². The molecule has 136 valence electrons. The molecule has 1 aromatic carbocycles. The summed E-state index contributed by atoms with van der Waals surface area (Å²) in [6.45, 7) is 0.941. The van der Waals surface area contributed by atoms with Crippen LogP contribution < -0.4 is 5.32 Å². The van der Waals surface area contributed by atoms with E-state index in [0.717, 1.165) is 22.0 Å². The van der Waals surface area contributed by atoms with Crippen LogP contribution in [0.15, 0.2) is 53.7 Å². The predicted molar refractivity (Wildman–Crippen MR) is 101 cm³/mol. The lowest BCUT2D eigenvalue weighted by Crippen LogP contribution is -2.42. The molecule has 0 unspecified atom stereocenters. The Morgan fingerprint density at radius 2 is 2.00 bits per heavy atom. The molecular weight excluding hydrogens is 350 g/mol. The number of hydrogen-bond donors (Lipinski definition) is 2. The molecule has 0 radical (unpaired) electrons. The third-order valence-corrected chi connectivity index (χ3v) is 5.35. The number of aromatic nitrogens is 1. The van der Waals surface area contributed by atoms with E-state index in [4.69, 9.17) is 5.11 Å². The van der Waals surface area contributed by atoms with Crippen LogP contribution in [0.3, 0.4) is 0 Å². The van der Waals surface area contributed by atoms with Crippen LogP contribution in [0, 0.1) is 5.92 Å². The summed E-state index contributed by atoms with van der Waals surface area (Å²) in [5.74, 6) is -0.348. The van der Waals surface area contributed by atoms with Crippen molar-refractivity contribution in [2.75, 3.05) is 18.4 Å². The topological polar surface area (TPSA) is 82.5 Å². The van der Waals surface area contributed by atoms with Crippen molar-refractivity contribution in [2.24, 2.45) is 5.92 Å². The number of carbonyl (C=O) groups is 2. The van der Waals surface area contributed by atoms with E-state index in [9.17, 15) is 9.59 Å². The van der Waals surface area contributed by atoms with Gasteiger partial charge in [0.1, 0.15) is 0 Å². The van der Waals surface area contributed by atoms with Crippen molar-refractivity contribution in [3.63, 3.8) is 0 Å². The summed E-state index contributed by atoms with van der Waals surface area (Å²) >= 11 is 1.64. The normalized spacial score (nSPS) is 14.8. The molecule has 1 aromatic heterocycles. The van der Waals surface area contributed by atoms with Crippen LogP contribution in [0.2, 0.25) is 0 Å². The van der Waals surface area contributed by atoms with E-state index in [1.807, 2.05) is 42.5 Å². The van der Waals surface area contributed by atoms with Crippen molar-refractivity contribution in [3.05, 3.63) is 54.2 Å². The van der Waals surface area contributed by atoms with Gasteiger partial charge in [0, 0.05) is 30.7 Å². The SMILES string of the molecule is O=C(O)C1CCN(C(=O)Nc2cccc(CSc3ccccn3)c2)CC1. The Morgan fingerprint density at radius 3 is 2.69 bits per heavy atom. The highest BCUT2D eigenvalue weighted by atomic mass is 32.2. The molecule has 2 heterocycles. The Balaban J connectivity index is 1.53. The molecule has 1 aliphatic rings. The van der Waals surface area contributed by atoms with Gasteiger partial charge < -0.3 is 15.3 Å². The average molecular weight is 371 g/mol. The number of nitrogens with zero attached hydrogens (tertiary/aromatic N) is 2. The number of anilines is 1. The summed E-state index contributed by atoms with van der Waals surface area (Å²) in [7, 11) is 0. The van der Waals surface area contributed by atoms with E-state index in [-0.39, 0.29) is 11.9 Å². The van der Waals surface area contributed by atoms with Gasteiger partial charge in [0.05, 0.1) is 10.9 Å². The van der Waals surface area contributed by atoms with Gasteiger partial charge in [-0.3, -0.25) is 4.79 Å². The van der Waals surface area contributed by atoms with E-state index in [1.165, 1.54) is 0 Å². The number of aliphatic carboxylic acids is 1. The van der Waals surface area contributed by atoms with Crippen LogP contribution in [0.1, 0.15) is 18.4 Å². The number of benzene rings is 1. The molecule has 1 saturated heterocycles. The van der Waals surface area contributed by atoms with Crippen molar-refractivity contribution < 1.29 is 14.7 Å². The molecule has 0 saturated carbocycles. The van der Waals surface area contributed by atoms with Gasteiger partial charge in [-0.05, 0) is 42.7 Å². The van der Waals surface area contributed by atoms with Gasteiger partial charge in [0.2, 0.25) is 0 Å². The summed E-state index contributed by atoms with van der Waals surface area (Å²) < 4.78 is 0. The molecule has 0 spiro atoms. The van der Waals surface area contributed by atoms with Crippen LogP contribution in [0.4, 0.5) is 10.5 Å². The van der Waals surface area contributed by atoms with Crippen molar-refractivity contribution in [3.8, 4) is 0 Å². The van der Waals surface area contributed by atoms with Crippen LogP contribution in [0.25, 0.3) is 0 Å². The minimum Gasteiger partial charge on any atom is -0.481 e. The maximum absolute atomic E-state index is 12.4. The van der Waals surface area contributed by atoms with E-state index in [0.29, 0.717) is 25.9 Å². The number of urea groups is 1. The molecule has 3 rings (SSSR count). The number of pyridine rings is 1. The lowest BCUT2D eigenvalue weighted by atomic mass is 9.97. The fourth-order valence-corrected chi connectivity index (χ4v) is 3.66. The molecule has 0 atom stereocenters. The van der Waals surface area contributed by atoms with Gasteiger partial charge in [-0.2, -0.15) is 0 Å². The number of thioether (sulfide) groups is 1. The fourth-order valence-electron chi connectivity index (χ4n) is 2.86. The first-order valence-corrected chi connectivity index (χ1v) is 9.52. The molecule has 2 amide bonds. The highest BCUT2D eigenvalue weighted by molar-refractivity contribution is 7.98. The zero-order chi connectivity index (χ0) is 18.4. The molecule has 7 heteroatoms. The van der Waals surface area contributed by atoms with Gasteiger partial charge in [-0.1, -0.05) is 18.2 Å². The lowest BCUT2D eigenvalue weighted by molar-refractivity contribution is -0.143. The second-order valence-electron chi connectivity index (χ2n) is 6.19. The third kappa shape index (κ3) is 4.98. The number of hydrogen-bond acceptors (Lipinski definition) is 4. The second-order valence-corrected chi connectivity index (χ2v) is 7.18. The summed E-state index contributed by atoms with van der Waals surface area (Å²) in [5.41, 5.74) is 1.84. The monoisotopic (exact) mass is 371 g/mol. The number of carboxylic acids is 1. The fraction of sp³-hybridized carbons (Fsp3) is 0.316. The van der Waals surface area contributed by atoms with Crippen LogP contribution in [-0.2, 0) is 10.5 Å². The highest BCUT2D eigenvalue weighted by Crippen LogP contribution is 2.23. The van der Waals surface area contributed by atoms with Crippen molar-refractivity contribution >= 4 is 29.4 Å². The summed E-state index contributed by atoms with van der Waals surface area (Å²) in [4.78, 5) is 29.3. The van der Waals surface area contributed by atoms with E-state index in [1.54, 1.807) is 22.9 Å². The molecule has 6 nitrogen and oxygen atoms in total. The molecule has 2 N–H and O–H groups in total. The average Bonchev–Trinajstić information content (AvgIpc) is 2.67. The predicted octanol–water partition coefficient (Wildman–Crippen LogP) is 3.70. The standard InChI is InChI=1S/C19H21N3O3S/c23-18(24)15-7-10-22(11-8-15)19(25)21-16-5-3-4-14(12-16)13-26-17-6-1-2-9-20-17/h1-6,9,12,15H,7-8,10-11,13H2,(H,21,25)(H,23,24). The zero-order valence-electron chi connectivity index (χ0n) is 14.3. The smallest absolute Gasteiger partial charge is 0.321 e. The van der Waals surface area contributed by atoms with Crippen molar-refractivity contribution in [2.45, 2.75) is 23.6 Å². The molecule has 0 aliphatic carbocycles. The lowest BCUT2D eigenvalue weighted by Gasteiger charge is -2.30. The molecule has 1 fully saturated rings. The Labute approximate surface area is 156 Å². The summed E-state index contributed by atoms with van der Waals surface area (Å²) in [5, 5.41) is 12.9.